The van der Waals surface area contributed by atoms with Gasteiger partial charge in [0.25, 0.3) is 0 Å². The molecule has 0 radical (unpaired) electrons. The van der Waals surface area contributed by atoms with Gasteiger partial charge in [-0.1, -0.05) is 0 Å². The number of hydrogen-bond acceptors (Lipinski definition) is 5. The van der Waals surface area contributed by atoms with E-state index < -0.39 is 16.8 Å². The van der Waals surface area contributed by atoms with E-state index in [2.05, 4.69) is 4.98 Å². The Labute approximate surface area is 110 Å². The summed E-state index contributed by atoms with van der Waals surface area (Å²) < 4.78 is -0.454. The van der Waals surface area contributed by atoms with E-state index in [0.29, 0.717) is 0 Å². The first-order valence-electron chi connectivity index (χ1n) is 5.36. The quantitative estimate of drug-likeness (QED) is 0.829. The molecule has 0 fully saturated rings. The van der Waals surface area contributed by atoms with Crippen molar-refractivity contribution in [2.24, 2.45) is 5.73 Å². The van der Waals surface area contributed by atoms with Gasteiger partial charge in [0.05, 0.1) is 11.2 Å². The topological polar surface area (TPSA) is 76.2 Å². The van der Waals surface area contributed by atoms with Crippen molar-refractivity contribution in [2.45, 2.75) is 38.0 Å². The van der Waals surface area contributed by atoms with Crippen LogP contribution in [0.25, 0.3) is 0 Å². The van der Waals surface area contributed by atoms with Crippen LogP contribution in [0.1, 0.15) is 24.4 Å². The summed E-state index contributed by atoms with van der Waals surface area (Å²) in [6, 6.07) is -0.838. The summed E-state index contributed by atoms with van der Waals surface area (Å²) in [5.74, 6) is -0.0896. The van der Waals surface area contributed by atoms with Gasteiger partial charge in [0.2, 0.25) is 0 Å². The molecule has 1 atom stereocenters. The number of thioether (sulfide) groups is 1. The Morgan fingerprint density at radius 2 is 2.35 bits per heavy atom. The monoisotopic (exact) mass is 274 g/mol. The van der Waals surface area contributed by atoms with Crippen LogP contribution in [0.3, 0.4) is 0 Å². The lowest BCUT2D eigenvalue weighted by Crippen LogP contribution is -2.46. The number of aliphatic carboxylic acids is 1. The molecule has 0 saturated carbocycles. The zero-order valence-electron chi connectivity index (χ0n) is 10.3. The van der Waals surface area contributed by atoms with Crippen LogP contribution in [0.4, 0.5) is 0 Å². The van der Waals surface area contributed by atoms with Crippen LogP contribution in [-0.4, -0.2) is 32.6 Å². The summed E-state index contributed by atoms with van der Waals surface area (Å²) >= 11 is 3.24. The average molecular weight is 274 g/mol. The second-order valence-electron chi connectivity index (χ2n) is 4.38. The molecule has 0 aromatic carbocycles. The van der Waals surface area contributed by atoms with E-state index in [-0.39, 0.29) is 0 Å². The van der Waals surface area contributed by atoms with Crippen LogP contribution in [-0.2, 0) is 11.2 Å². The molecule has 96 valence electrons. The number of carboxylic acids is 1. The van der Waals surface area contributed by atoms with E-state index >= 15 is 0 Å². The molecule has 1 aromatic rings. The lowest BCUT2D eigenvalue weighted by molar-refractivity contribution is -0.139. The molecule has 0 aliphatic rings. The first-order chi connectivity index (χ1) is 7.84. The Morgan fingerprint density at radius 1 is 1.71 bits per heavy atom. The molecule has 0 aliphatic heterocycles. The predicted molar refractivity (Wildman–Crippen MR) is 72.7 cm³/mol. The number of carbonyl (C=O) groups is 1. The Balaban J connectivity index is 2.45. The van der Waals surface area contributed by atoms with Gasteiger partial charge in [-0.3, -0.25) is 4.79 Å². The highest BCUT2D eigenvalue weighted by Crippen LogP contribution is 2.28. The summed E-state index contributed by atoms with van der Waals surface area (Å²) in [5.41, 5.74) is 8.56. The van der Waals surface area contributed by atoms with E-state index in [1.807, 2.05) is 26.3 Å². The van der Waals surface area contributed by atoms with Gasteiger partial charge in [-0.05, 0) is 32.9 Å². The molecular formula is C11H18N2O2S2. The van der Waals surface area contributed by atoms with E-state index in [4.69, 9.17) is 10.8 Å². The third kappa shape index (κ3) is 3.97. The molecule has 0 bridgehead atoms. The van der Waals surface area contributed by atoms with Gasteiger partial charge in [0, 0.05) is 9.62 Å². The standard InChI is InChI=1S/C11H18N2O2S2/c1-7-8(16-6-13-7)4-5-17-11(2,3)9(12)10(14)15/h6,9H,4-5,12H2,1-3H3,(H,14,15)/t9-/m0/s1. The van der Waals surface area contributed by atoms with Crippen molar-refractivity contribution in [1.29, 1.82) is 0 Å². The van der Waals surface area contributed by atoms with Crippen LogP contribution in [0.5, 0.6) is 0 Å². The molecule has 1 rings (SSSR count). The van der Waals surface area contributed by atoms with Gasteiger partial charge in [-0.2, -0.15) is 11.8 Å². The minimum absolute atomic E-state index is 0.454. The van der Waals surface area contributed by atoms with Gasteiger partial charge in [0.15, 0.2) is 0 Å². The summed E-state index contributed by atoms with van der Waals surface area (Å²) in [6.07, 6.45) is 0.914. The van der Waals surface area contributed by atoms with Crippen molar-refractivity contribution < 1.29 is 9.90 Å². The Bertz CT molecular complexity index is 391. The fraction of sp³-hybridized carbons (Fsp3) is 0.636. The number of nitrogens with two attached hydrogens (primary N) is 1. The number of nitrogens with zero attached hydrogens (tertiary/aromatic N) is 1. The van der Waals surface area contributed by atoms with Crippen molar-refractivity contribution in [3.8, 4) is 0 Å². The van der Waals surface area contributed by atoms with Crippen LogP contribution >= 0.6 is 23.1 Å². The number of thiazole rings is 1. The lowest BCUT2D eigenvalue weighted by atomic mass is 10.1. The maximum atomic E-state index is 10.8. The predicted octanol–water partition coefficient (Wildman–Crippen LogP) is 1.92. The summed E-state index contributed by atoms with van der Waals surface area (Å²) in [4.78, 5) is 16.3. The van der Waals surface area contributed by atoms with Crippen molar-refractivity contribution in [3.63, 3.8) is 0 Å². The van der Waals surface area contributed by atoms with Crippen molar-refractivity contribution in [1.82, 2.24) is 4.98 Å². The molecule has 6 heteroatoms. The van der Waals surface area contributed by atoms with Crippen LogP contribution in [0.2, 0.25) is 0 Å². The average Bonchev–Trinajstić information content (AvgIpc) is 2.63. The molecule has 3 N–H and O–H groups in total. The molecular weight excluding hydrogens is 256 g/mol. The molecule has 0 spiro atoms. The van der Waals surface area contributed by atoms with Crippen LogP contribution in [0.15, 0.2) is 5.51 Å². The second kappa shape index (κ2) is 5.84. The highest BCUT2D eigenvalue weighted by molar-refractivity contribution is 8.00. The Morgan fingerprint density at radius 3 is 2.82 bits per heavy atom. The number of rotatable bonds is 6. The van der Waals surface area contributed by atoms with E-state index in [1.165, 1.54) is 4.88 Å². The van der Waals surface area contributed by atoms with Crippen molar-refractivity contribution >= 4 is 29.1 Å². The molecule has 0 saturated heterocycles. The largest absolute Gasteiger partial charge is 0.480 e. The minimum atomic E-state index is -0.948. The first kappa shape index (κ1) is 14.5. The molecule has 1 aromatic heterocycles. The first-order valence-corrected chi connectivity index (χ1v) is 7.22. The van der Waals surface area contributed by atoms with Gasteiger partial charge in [-0.15, -0.1) is 11.3 Å². The summed E-state index contributed by atoms with van der Waals surface area (Å²) in [7, 11) is 0. The van der Waals surface area contributed by atoms with Crippen molar-refractivity contribution in [3.05, 3.63) is 16.1 Å². The summed E-state index contributed by atoms with van der Waals surface area (Å²) in [5, 5.41) is 8.90. The molecule has 1 heterocycles. The number of aromatic nitrogens is 1. The van der Waals surface area contributed by atoms with Gasteiger partial charge in [0.1, 0.15) is 6.04 Å². The van der Waals surface area contributed by atoms with Gasteiger partial charge < -0.3 is 10.8 Å². The van der Waals surface area contributed by atoms with E-state index in [1.54, 1.807) is 23.1 Å². The zero-order valence-corrected chi connectivity index (χ0v) is 11.9. The maximum Gasteiger partial charge on any atom is 0.321 e. The van der Waals surface area contributed by atoms with Gasteiger partial charge in [-0.25, -0.2) is 4.98 Å². The second-order valence-corrected chi connectivity index (χ2v) is 7.07. The van der Waals surface area contributed by atoms with Gasteiger partial charge >= 0.3 is 5.97 Å². The van der Waals surface area contributed by atoms with Crippen LogP contribution in [0, 0.1) is 6.92 Å². The lowest BCUT2D eigenvalue weighted by Gasteiger charge is -2.27. The maximum absolute atomic E-state index is 10.8. The fourth-order valence-corrected chi connectivity index (χ4v) is 3.38. The normalized spacial score (nSPS) is 13.6. The third-order valence-corrected chi connectivity index (χ3v) is 5.06. The van der Waals surface area contributed by atoms with E-state index in [9.17, 15) is 4.79 Å². The molecule has 0 amide bonds. The third-order valence-electron chi connectivity index (χ3n) is 2.66. The Kier molecular flexibility index (Phi) is 4.97. The Hall–Kier alpha value is -0.590. The highest BCUT2D eigenvalue weighted by atomic mass is 32.2. The molecule has 0 unspecified atom stereocenters. The molecule has 17 heavy (non-hydrogen) atoms. The number of carboxylic acid groups (broad SMARTS) is 1. The minimum Gasteiger partial charge on any atom is -0.480 e. The number of hydrogen-bond donors (Lipinski definition) is 2. The SMILES string of the molecule is Cc1ncsc1CCSC(C)(C)[C@@H](N)C(=O)O. The fourth-order valence-electron chi connectivity index (χ4n) is 1.36. The summed E-state index contributed by atoms with van der Waals surface area (Å²) in [6.45, 7) is 5.73. The molecule has 4 nitrogen and oxygen atoms in total. The van der Waals surface area contributed by atoms with Crippen LogP contribution < -0.4 is 5.73 Å². The highest BCUT2D eigenvalue weighted by Gasteiger charge is 2.32. The number of aryl methyl sites for hydroxylation is 2. The van der Waals surface area contributed by atoms with E-state index in [0.717, 1.165) is 17.9 Å². The molecule has 0 aliphatic carbocycles. The smallest absolute Gasteiger partial charge is 0.321 e. The zero-order chi connectivity index (χ0) is 13.1. The van der Waals surface area contributed by atoms with Crippen molar-refractivity contribution in [2.75, 3.05) is 5.75 Å².